The minimum Gasteiger partial charge on any atom is -0.497 e. The van der Waals surface area contributed by atoms with Crippen LogP contribution < -0.4 is 4.74 Å². The highest BCUT2D eigenvalue weighted by Crippen LogP contribution is 2.61. The van der Waals surface area contributed by atoms with Crippen LogP contribution in [0.1, 0.15) is 18.9 Å². The maximum Gasteiger partial charge on any atom is 0.392 e. The van der Waals surface area contributed by atoms with Crippen LogP contribution >= 0.6 is 0 Å². The molecule has 1 aromatic carbocycles. The maximum absolute atomic E-state index is 12.5. The van der Waals surface area contributed by atoms with Crippen molar-refractivity contribution in [2.45, 2.75) is 24.9 Å². The van der Waals surface area contributed by atoms with Gasteiger partial charge in [0.15, 0.2) is 0 Å². The molecular weight excluding hydrogens is 217 g/mol. The van der Waals surface area contributed by atoms with Gasteiger partial charge in [-0.1, -0.05) is 19.1 Å². The fourth-order valence-corrected chi connectivity index (χ4v) is 2.13. The first-order valence-electron chi connectivity index (χ1n) is 5.09. The van der Waals surface area contributed by atoms with Crippen LogP contribution in [0, 0.1) is 5.92 Å². The van der Waals surface area contributed by atoms with Crippen LogP contribution in [0.5, 0.6) is 5.75 Å². The second kappa shape index (κ2) is 3.40. The summed E-state index contributed by atoms with van der Waals surface area (Å²) in [7, 11) is 1.53. The lowest BCUT2D eigenvalue weighted by Crippen LogP contribution is -2.18. The summed E-state index contributed by atoms with van der Waals surface area (Å²) in [5, 5.41) is 0. The molecule has 0 saturated heterocycles. The van der Waals surface area contributed by atoms with Gasteiger partial charge in [-0.3, -0.25) is 0 Å². The standard InChI is InChI=1S/C12H13F3O/c1-11(7-10(11)12(13,14)15)8-3-5-9(16-2)6-4-8/h3-6,10H,7H2,1-2H3/t10-,11+/m1/s1. The van der Waals surface area contributed by atoms with Crippen molar-refractivity contribution in [1.82, 2.24) is 0 Å². The van der Waals surface area contributed by atoms with E-state index in [0.717, 1.165) is 5.56 Å². The molecule has 88 valence electrons. The van der Waals surface area contributed by atoms with Crippen LogP contribution in [-0.2, 0) is 5.41 Å². The van der Waals surface area contributed by atoms with Crippen LogP contribution in [0.2, 0.25) is 0 Å². The second-order valence-electron chi connectivity index (χ2n) is 4.44. The molecule has 0 heterocycles. The maximum atomic E-state index is 12.5. The fraction of sp³-hybridized carbons (Fsp3) is 0.500. The Morgan fingerprint density at radius 3 is 2.19 bits per heavy atom. The summed E-state index contributed by atoms with van der Waals surface area (Å²) in [5.41, 5.74) is -0.0135. The molecule has 1 fully saturated rings. The Morgan fingerprint density at radius 2 is 1.81 bits per heavy atom. The average Bonchev–Trinajstić information content (AvgIpc) is 2.92. The first-order chi connectivity index (χ1) is 7.38. The van der Waals surface area contributed by atoms with E-state index >= 15 is 0 Å². The molecule has 1 nitrogen and oxygen atoms in total. The van der Waals surface area contributed by atoms with Crippen molar-refractivity contribution in [3.63, 3.8) is 0 Å². The van der Waals surface area contributed by atoms with Crippen LogP contribution in [0.3, 0.4) is 0 Å². The zero-order valence-corrected chi connectivity index (χ0v) is 9.14. The molecule has 1 aliphatic carbocycles. The van der Waals surface area contributed by atoms with Crippen LogP contribution in [0.4, 0.5) is 13.2 Å². The highest BCUT2D eigenvalue weighted by molar-refractivity contribution is 5.37. The van der Waals surface area contributed by atoms with Crippen molar-refractivity contribution in [3.05, 3.63) is 29.8 Å². The summed E-state index contributed by atoms with van der Waals surface area (Å²) < 4.78 is 42.6. The number of methoxy groups -OCH3 is 1. The van der Waals surface area contributed by atoms with E-state index < -0.39 is 17.5 Å². The first-order valence-corrected chi connectivity index (χ1v) is 5.09. The van der Waals surface area contributed by atoms with Gasteiger partial charge in [-0.2, -0.15) is 13.2 Å². The highest BCUT2D eigenvalue weighted by Gasteiger charge is 2.64. The van der Waals surface area contributed by atoms with E-state index in [1.165, 1.54) is 7.11 Å². The van der Waals surface area contributed by atoms with Gasteiger partial charge >= 0.3 is 6.18 Å². The minimum absolute atomic E-state index is 0.183. The number of rotatable bonds is 2. The lowest BCUT2D eigenvalue weighted by Gasteiger charge is -2.14. The molecule has 16 heavy (non-hydrogen) atoms. The van der Waals surface area contributed by atoms with Gasteiger partial charge in [0.1, 0.15) is 5.75 Å². The summed E-state index contributed by atoms with van der Waals surface area (Å²) in [5.74, 6) is -0.537. The van der Waals surface area contributed by atoms with E-state index in [0.29, 0.717) is 5.75 Å². The monoisotopic (exact) mass is 230 g/mol. The lowest BCUT2D eigenvalue weighted by molar-refractivity contribution is -0.152. The summed E-state index contributed by atoms with van der Waals surface area (Å²) in [4.78, 5) is 0. The molecule has 0 aliphatic heterocycles. The van der Waals surface area contributed by atoms with Crippen LogP contribution in [-0.4, -0.2) is 13.3 Å². The van der Waals surface area contributed by atoms with Gasteiger partial charge in [-0.25, -0.2) is 0 Å². The molecule has 1 aliphatic rings. The average molecular weight is 230 g/mol. The third-order valence-electron chi connectivity index (χ3n) is 3.38. The largest absolute Gasteiger partial charge is 0.497 e. The summed E-state index contributed by atoms with van der Waals surface area (Å²) in [6, 6.07) is 6.83. The lowest BCUT2D eigenvalue weighted by atomic mass is 9.95. The number of hydrogen-bond donors (Lipinski definition) is 0. The van der Waals surface area contributed by atoms with Gasteiger partial charge in [0, 0.05) is 5.41 Å². The quantitative estimate of drug-likeness (QED) is 0.755. The Labute approximate surface area is 92.2 Å². The Hall–Kier alpha value is -1.19. The van der Waals surface area contributed by atoms with Gasteiger partial charge in [-0.15, -0.1) is 0 Å². The van der Waals surface area contributed by atoms with Crippen molar-refractivity contribution < 1.29 is 17.9 Å². The van der Waals surface area contributed by atoms with Gasteiger partial charge < -0.3 is 4.74 Å². The Bertz CT molecular complexity index is 382. The van der Waals surface area contributed by atoms with Crippen LogP contribution in [0.25, 0.3) is 0 Å². The number of alkyl halides is 3. The smallest absolute Gasteiger partial charge is 0.392 e. The van der Waals surface area contributed by atoms with E-state index in [1.54, 1.807) is 31.2 Å². The SMILES string of the molecule is COc1ccc([C@]2(C)C[C@H]2C(F)(F)F)cc1. The van der Waals surface area contributed by atoms with Gasteiger partial charge in [-0.05, 0) is 24.1 Å². The molecular formula is C12H13F3O. The van der Waals surface area contributed by atoms with Gasteiger partial charge in [0.25, 0.3) is 0 Å². The zero-order chi connectivity index (χ0) is 12.0. The molecule has 1 aromatic rings. The van der Waals surface area contributed by atoms with E-state index in [-0.39, 0.29) is 6.42 Å². The summed E-state index contributed by atoms with van der Waals surface area (Å²) in [6.45, 7) is 1.66. The van der Waals surface area contributed by atoms with Gasteiger partial charge in [0.2, 0.25) is 0 Å². The number of benzene rings is 1. The Balaban J connectivity index is 2.20. The molecule has 0 radical (unpaired) electrons. The van der Waals surface area contributed by atoms with Gasteiger partial charge in [0.05, 0.1) is 13.0 Å². The molecule has 0 N–H and O–H groups in total. The summed E-state index contributed by atoms with van der Waals surface area (Å²) >= 11 is 0. The summed E-state index contributed by atoms with van der Waals surface area (Å²) in [6.07, 6.45) is -3.91. The van der Waals surface area contributed by atoms with E-state index in [9.17, 15) is 13.2 Å². The highest BCUT2D eigenvalue weighted by atomic mass is 19.4. The molecule has 0 bridgehead atoms. The van der Waals surface area contributed by atoms with Crippen molar-refractivity contribution in [3.8, 4) is 5.75 Å². The fourth-order valence-electron chi connectivity index (χ4n) is 2.13. The molecule has 2 rings (SSSR count). The number of halogens is 3. The topological polar surface area (TPSA) is 9.23 Å². The molecule has 0 spiro atoms. The minimum atomic E-state index is -4.09. The molecule has 0 amide bonds. The van der Waals surface area contributed by atoms with Crippen molar-refractivity contribution in [2.75, 3.05) is 7.11 Å². The molecule has 0 unspecified atom stereocenters. The van der Waals surface area contributed by atoms with Crippen LogP contribution in [0.15, 0.2) is 24.3 Å². The van der Waals surface area contributed by atoms with E-state index in [2.05, 4.69) is 0 Å². The van der Waals surface area contributed by atoms with Crippen molar-refractivity contribution in [2.24, 2.45) is 5.92 Å². The molecule has 4 heteroatoms. The second-order valence-corrected chi connectivity index (χ2v) is 4.44. The predicted molar refractivity (Wildman–Crippen MR) is 54.5 cm³/mol. The Morgan fingerprint density at radius 1 is 1.25 bits per heavy atom. The van der Waals surface area contributed by atoms with E-state index in [1.807, 2.05) is 0 Å². The molecule has 1 saturated carbocycles. The third-order valence-corrected chi connectivity index (χ3v) is 3.38. The normalized spacial score (nSPS) is 28.9. The van der Waals surface area contributed by atoms with Crippen molar-refractivity contribution in [1.29, 1.82) is 0 Å². The third kappa shape index (κ3) is 1.77. The van der Waals surface area contributed by atoms with E-state index in [4.69, 9.17) is 4.74 Å². The molecule has 2 atom stereocenters. The Kier molecular flexibility index (Phi) is 2.40. The molecule has 0 aromatic heterocycles. The predicted octanol–water partition coefficient (Wildman–Crippen LogP) is 3.54. The first kappa shape index (κ1) is 11.3. The number of ether oxygens (including phenoxy) is 1. The van der Waals surface area contributed by atoms with Crippen molar-refractivity contribution >= 4 is 0 Å². The number of hydrogen-bond acceptors (Lipinski definition) is 1. The zero-order valence-electron chi connectivity index (χ0n) is 9.14.